The first kappa shape index (κ1) is 28.6. The Balaban J connectivity index is 1.17. The Bertz CT molecular complexity index is 1670. The fourth-order valence-corrected chi connectivity index (χ4v) is 4.53. The molecule has 0 saturated carbocycles. The van der Waals surface area contributed by atoms with E-state index in [1.807, 2.05) is 48.5 Å². The highest BCUT2D eigenvalue weighted by molar-refractivity contribution is 6.30. The molecule has 5 rings (SSSR count). The van der Waals surface area contributed by atoms with Gasteiger partial charge in [0, 0.05) is 27.7 Å². The first-order valence-corrected chi connectivity index (χ1v) is 13.6. The van der Waals surface area contributed by atoms with Crippen LogP contribution in [0.1, 0.15) is 38.8 Å². The molecule has 0 aliphatic heterocycles. The number of ether oxygens (including phenoxy) is 3. The van der Waals surface area contributed by atoms with E-state index >= 15 is 0 Å². The van der Waals surface area contributed by atoms with Gasteiger partial charge in [0.2, 0.25) is 0 Å². The van der Waals surface area contributed by atoms with Crippen molar-refractivity contribution in [2.75, 3.05) is 7.11 Å². The van der Waals surface area contributed by atoms with Crippen LogP contribution >= 0.6 is 11.6 Å². The lowest BCUT2D eigenvalue weighted by Crippen LogP contribution is -2.17. The first-order valence-electron chi connectivity index (χ1n) is 13.3. The Labute approximate surface area is 249 Å². The zero-order chi connectivity index (χ0) is 29.5. The topological polar surface area (TPSA) is 87.2 Å². The summed E-state index contributed by atoms with van der Waals surface area (Å²) in [4.78, 5) is 12.6. The van der Waals surface area contributed by atoms with Gasteiger partial charge in [0.05, 0.1) is 13.3 Å². The van der Waals surface area contributed by atoms with E-state index in [2.05, 4.69) is 41.1 Å². The molecule has 5 aromatic rings. The van der Waals surface area contributed by atoms with Crippen LogP contribution < -0.4 is 19.6 Å². The summed E-state index contributed by atoms with van der Waals surface area (Å²) in [5, 5.41) is 4.75. The van der Waals surface area contributed by atoms with Crippen molar-refractivity contribution in [2.45, 2.75) is 27.1 Å². The molecule has 214 valence electrons. The molecule has 0 radical (unpaired) electrons. The maximum atomic E-state index is 12.6. The fourth-order valence-electron chi connectivity index (χ4n) is 4.40. The van der Waals surface area contributed by atoms with Gasteiger partial charge >= 0.3 is 5.91 Å². The lowest BCUT2D eigenvalue weighted by Gasteiger charge is -2.13. The molecule has 42 heavy (non-hydrogen) atoms. The predicted octanol–water partition coefficient (Wildman–Crippen LogP) is 7.27. The van der Waals surface area contributed by atoms with Crippen molar-refractivity contribution in [3.8, 4) is 22.9 Å². The normalized spacial score (nSPS) is 11.0. The van der Waals surface area contributed by atoms with Gasteiger partial charge in [-0.25, -0.2) is 5.43 Å². The number of para-hydroxylation sites is 1. The average molecular weight is 584 g/mol. The quantitative estimate of drug-likeness (QED) is 0.130. The number of amides is 1. The van der Waals surface area contributed by atoms with Crippen LogP contribution in [0.5, 0.6) is 17.2 Å². The Morgan fingerprint density at radius 2 is 1.64 bits per heavy atom. The number of hydrogen-bond donors (Lipinski definition) is 1. The number of hydrazone groups is 1. The Kier molecular flexibility index (Phi) is 8.94. The lowest BCUT2D eigenvalue weighted by atomic mass is 10.2. The van der Waals surface area contributed by atoms with E-state index in [1.165, 1.54) is 17.6 Å². The van der Waals surface area contributed by atoms with Crippen LogP contribution in [0.15, 0.2) is 101 Å². The highest BCUT2D eigenvalue weighted by Gasteiger charge is 2.13. The molecule has 0 bridgehead atoms. The molecule has 0 fully saturated rings. The maximum absolute atomic E-state index is 12.6. The van der Waals surface area contributed by atoms with Crippen molar-refractivity contribution in [1.29, 1.82) is 0 Å². The van der Waals surface area contributed by atoms with Crippen molar-refractivity contribution >= 4 is 23.7 Å². The van der Waals surface area contributed by atoms with E-state index in [9.17, 15) is 4.79 Å². The van der Waals surface area contributed by atoms with Crippen molar-refractivity contribution in [1.82, 2.24) is 9.99 Å². The summed E-state index contributed by atoms with van der Waals surface area (Å²) in [6.45, 7) is 4.62. The van der Waals surface area contributed by atoms with E-state index in [4.69, 9.17) is 30.2 Å². The third-order valence-electron chi connectivity index (χ3n) is 6.53. The van der Waals surface area contributed by atoms with Crippen LogP contribution in [0.25, 0.3) is 5.69 Å². The number of rotatable bonds is 11. The summed E-state index contributed by atoms with van der Waals surface area (Å²) in [5.41, 5.74) is 7.46. The SMILES string of the molecule is COc1cccc(C=NNC(=O)c2ccc(COc3ccc(-n4c(C)ccc4C)cc3)o2)c1OCc1ccc(Cl)cc1. The summed E-state index contributed by atoms with van der Waals surface area (Å²) in [6, 6.07) is 28.1. The fraction of sp³-hybridized carbons (Fsp3) is 0.152. The van der Waals surface area contributed by atoms with Crippen LogP contribution in [0.3, 0.4) is 0 Å². The van der Waals surface area contributed by atoms with E-state index in [-0.39, 0.29) is 12.4 Å². The number of nitrogens with zero attached hydrogens (tertiary/aromatic N) is 2. The zero-order valence-electron chi connectivity index (χ0n) is 23.5. The van der Waals surface area contributed by atoms with Crippen LogP contribution in [0, 0.1) is 13.8 Å². The number of carbonyl (C=O) groups is 1. The minimum Gasteiger partial charge on any atom is -0.493 e. The maximum Gasteiger partial charge on any atom is 0.307 e. The van der Waals surface area contributed by atoms with Crippen molar-refractivity contribution in [3.05, 3.63) is 130 Å². The van der Waals surface area contributed by atoms with Gasteiger partial charge in [-0.3, -0.25) is 4.79 Å². The van der Waals surface area contributed by atoms with Gasteiger partial charge in [0.15, 0.2) is 17.3 Å². The van der Waals surface area contributed by atoms with Crippen molar-refractivity contribution in [2.24, 2.45) is 5.10 Å². The van der Waals surface area contributed by atoms with E-state index in [1.54, 1.807) is 37.4 Å². The highest BCUT2D eigenvalue weighted by atomic mass is 35.5. The summed E-state index contributed by atoms with van der Waals surface area (Å²) in [6.07, 6.45) is 1.49. The summed E-state index contributed by atoms with van der Waals surface area (Å²) < 4.78 is 25.2. The Hall–Kier alpha value is -4.95. The molecule has 2 aromatic heterocycles. The van der Waals surface area contributed by atoms with Crippen LogP contribution in [0.4, 0.5) is 0 Å². The van der Waals surface area contributed by atoms with Gasteiger partial charge in [-0.1, -0.05) is 29.8 Å². The van der Waals surface area contributed by atoms with Crippen molar-refractivity contribution in [3.63, 3.8) is 0 Å². The third kappa shape index (κ3) is 6.85. The molecular formula is C33H30ClN3O5. The first-order chi connectivity index (χ1) is 20.4. The number of benzene rings is 3. The number of carbonyl (C=O) groups excluding carboxylic acids is 1. The van der Waals surface area contributed by atoms with Gasteiger partial charge in [0.1, 0.15) is 24.7 Å². The molecule has 8 nitrogen and oxygen atoms in total. The van der Waals surface area contributed by atoms with Crippen LogP contribution in [0.2, 0.25) is 5.02 Å². The minimum absolute atomic E-state index is 0.115. The molecule has 0 unspecified atom stereocenters. The zero-order valence-corrected chi connectivity index (χ0v) is 24.2. The number of methoxy groups -OCH3 is 1. The molecule has 3 aromatic carbocycles. The van der Waals surface area contributed by atoms with Crippen molar-refractivity contribution < 1.29 is 23.4 Å². The minimum atomic E-state index is -0.495. The molecule has 0 saturated heterocycles. The summed E-state index contributed by atoms with van der Waals surface area (Å²) >= 11 is 5.97. The molecule has 2 heterocycles. The molecule has 0 spiro atoms. The van der Waals surface area contributed by atoms with Gasteiger partial charge < -0.3 is 23.2 Å². The van der Waals surface area contributed by atoms with Gasteiger partial charge in [-0.15, -0.1) is 0 Å². The van der Waals surface area contributed by atoms with E-state index < -0.39 is 5.91 Å². The standard InChI is InChI=1S/C33H30ClN3O5/c1-22-7-8-23(2)37(22)27-13-15-28(16-14-27)40-21-29-17-18-31(42-29)33(38)36-35-19-25-5-4-6-30(39-3)32(25)41-20-24-9-11-26(34)12-10-24/h4-19H,20-21H2,1-3H3,(H,36,38). The number of halogens is 1. The largest absolute Gasteiger partial charge is 0.493 e. The summed E-state index contributed by atoms with van der Waals surface area (Å²) in [7, 11) is 1.56. The second-order valence-corrected chi connectivity index (χ2v) is 9.93. The number of furan rings is 1. The van der Waals surface area contributed by atoms with Gasteiger partial charge in [0.25, 0.3) is 0 Å². The summed E-state index contributed by atoms with van der Waals surface area (Å²) in [5.74, 6) is 1.86. The second kappa shape index (κ2) is 13.1. The third-order valence-corrected chi connectivity index (χ3v) is 6.78. The average Bonchev–Trinajstić information content (AvgIpc) is 3.62. The number of aromatic nitrogens is 1. The molecule has 0 aliphatic carbocycles. The van der Waals surface area contributed by atoms with Crippen LogP contribution in [-0.4, -0.2) is 23.8 Å². The molecule has 0 aliphatic rings. The van der Waals surface area contributed by atoms with E-state index in [0.29, 0.717) is 40.2 Å². The molecular weight excluding hydrogens is 554 g/mol. The van der Waals surface area contributed by atoms with Gasteiger partial charge in [-0.05, 0) is 92.2 Å². The number of nitrogens with one attached hydrogen (secondary N) is 1. The molecule has 9 heteroatoms. The second-order valence-electron chi connectivity index (χ2n) is 9.49. The predicted molar refractivity (Wildman–Crippen MR) is 162 cm³/mol. The number of aryl methyl sites for hydroxylation is 2. The molecule has 1 amide bonds. The molecule has 1 N–H and O–H groups in total. The lowest BCUT2D eigenvalue weighted by molar-refractivity contribution is 0.0923. The number of hydrogen-bond acceptors (Lipinski definition) is 6. The van der Waals surface area contributed by atoms with Crippen LogP contribution in [-0.2, 0) is 13.2 Å². The molecule has 0 atom stereocenters. The highest BCUT2D eigenvalue weighted by Crippen LogP contribution is 2.31. The monoisotopic (exact) mass is 583 g/mol. The Morgan fingerprint density at radius 3 is 2.36 bits per heavy atom. The van der Waals surface area contributed by atoms with E-state index in [0.717, 1.165) is 11.3 Å². The smallest absolute Gasteiger partial charge is 0.307 e. The Morgan fingerprint density at radius 1 is 0.905 bits per heavy atom. The van der Waals surface area contributed by atoms with Gasteiger partial charge in [-0.2, -0.15) is 5.10 Å².